The SMILES string of the molecule is CC1CCCN(CC(C)NC(=O)N2CCOC(C(N)=O)C2)C1. The van der Waals surface area contributed by atoms with Gasteiger partial charge in [0.1, 0.15) is 0 Å². The van der Waals surface area contributed by atoms with Gasteiger partial charge in [-0.2, -0.15) is 0 Å². The summed E-state index contributed by atoms with van der Waals surface area (Å²) in [7, 11) is 0. The van der Waals surface area contributed by atoms with E-state index < -0.39 is 12.0 Å². The minimum absolute atomic E-state index is 0.0765. The zero-order chi connectivity index (χ0) is 16.1. The van der Waals surface area contributed by atoms with Crippen LogP contribution in [0.3, 0.4) is 0 Å². The van der Waals surface area contributed by atoms with Crippen LogP contribution in [0.5, 0.6) is 0 Å². The lowest BCUT2D eigenvalue weighted by molar-refractivity contribution is -0.133. The molecule has 0 bridgehead atoms. The number of carbonyl (C=O) groups excluding carboxylic acids is 2. The number of amides is 3. The molecule has 126 valence electrons. The van der Waals surface area contributed by atoms with Crippen LogP contribution in [0.2, 0.25) is 0 Å². The summed E-state index contributed by atoms with van der Waals surface area (Å²) in [5.74, 6) is 0.208. The van der Waals surface area contributed by atoms with Gasteiger partial charge in [-0.15, -0.1) is 0 Å². The number of urea groups is 1. The van der Waals surface area contributed by atoms with Crippen molar-refractivity contribution in [1.29, 1.82) is 0 Å². The van der Waals surface area contributed by atoms with Crippen molar-refractivity contribution in [2.75, 3.05) is 39.3 Å². The molecule has 0 saturated carbocycles. The summed E-state index contributed by atoms with van der Waals surface area (Å²) in [5, 5.41) is 3.01. The number of hydrogen-bond acceptors (Lipinski definition) is 4. The Balaban J connectivity index is 1.76. The van der Waals surface area contributed by atoms with Crippen molar-refractivity contribution in [3.05, 3.63) is 0 Å². The Hall–Kier alpha value is -1.34. The smallest absolute Gasteiger partial charge is 0.317 e. The van der Waals surface area contributed by atoms with Crippen molar-refractivity contribution in [3.63, 3.8) is 0 Å². The van der Waals surface area contributed by atoms with E-state index in [1.807, 2.05) is 6.92 Å². The second-order valence-corrected chi connectivity index (χ2v) is 6.57. The number of nitrogens with one attached hydrogen (secondary N) is 1. The van der Waals surface area contributed by atoms with Crippen LogP contribution < -0.4 is 11.1 Å². The lowest BCUT2D eigenvalue weighted by atomic mass is 10.00. The molecule has 2 fully saturated rings. The second-order valence-electron chi connectivity index (χ2n) is 6.57. The van der Waals surface area contributed by atoms with E-state index in [1.165, 1.54) is 12.8 Å². The standard InChI is InChI=1S/C15H28N4O3/c1-11-4-3-5-18(8-11)9-12(2)17-15(21)19-6-7-22-13(10-19)14(16)20/h11-13H,3-10H2,1-2H3,(H2,16,20)(H,17,21). The van der Waals surface area contributed by atoms with E-state index >= 15 is 0 Å². The fourth-order valence-electron chi connectivity index (χ4n) is 3.19. The van der Waals surface area contributed by atoms with Crippen LogP contribution in [0.15, 0.2) is 0 Å². The Labute approximate surface area is 132 Å². The van der Waals surface area contributed by atoms with Gasteiger partial charge in [-0.05, 0) is 32.2 Å². The van der Waals surface area contributed by atoms with Crippen molar-refractivity contribution < 1.29 is 14.3 Å². The van der Waals surface area contributed by atoms with Crippen LogP contribution in [0.25, 0.3) is 0 Å². The highest BCUT2D eigenvalue weighted by atomic mass is 16.5. The van der Waals surface area contributed by atoms with Crippen LogP contribution in [-0.2, 0) is 9.53 Å². The van der Waals surface area contributed by atoms with Crippen LogP contribution in [-0.4, -0.2) is 73.2 Å². The molecule has 7 nitrogen and oxygen atoms in total. The normalized spacial score (nSPS) is 28.2. The van der Waals surface area contributed by atoms with E-state index in [0.29, 0.717) is 13.2 Å². The maximum atomic E-state index is 12.3. The molecular weight excluding hydrogens is 284 g/mol. The molecule has 0 aliphatic carbocycles. The molecule has 0 aromatic heterocycles. The predicted molar refractivity (Wildman–Crippen MR) is 83.3 cm³/mol. The van der Waals surface area contributed by atoms with Crippen molar-refractivity contribution in [2.24, 2.45) is 11.7 Å². The van der Waals surface area contributed by atoms with Gasteiger partial charge in [0.2, 0.25) is 5.91 Å². The van der Waals surface area contributed by atoms with E-state index in [0.717, 1.165) is 25.6 Å². The van der Waals surface area contributed by atoms with E-state index in [-0.39, 0.29) is 18.6 Å². The molecule has 22 heavy (non-hydrogen) atoms. The molecule has 2 heterocycles. The van der Waals surface area contributed by atoms with E-state index in [1.54, 1.807) is 4.90 Å². The monoisotopic (exact) mass is 312 g/mol. The molecule has 0 spiro atoms. The number of ether oxygens (including phenoxy) is 1. The summed E-state index contributed by atoms with van der Waals surface area (Å²) in [6.45, 7) is 8.42. The summed E-state index contributed by atoms with van der Waals surface area (Å²) in [5.41, 5.74) is 5.24. The third-order valence-corrected chi connectivity index (χ3v) is 4.31. The molecule has 2 aliphatic rings. The first-order valence-corrected chi connectivity index (χ1v) is 8.14. The lowest BCUT2D eigenvalue weighted by Crippen LogP contribution is -2.55. The molecule has 2 rings (SSSR count). The predicted octanol–water partition coefficient (Wildman–Crippen LogP) is 0.00250. The lowest BCUT2D eigenvalue weighted by Gasteiger charge is -2.35. The highest BCUT2D eigenvalue weighted by Gasteiger charge is 2.28. The van der Waals surface area contributed by atoms with Crippen LogP contribution in [0, 0.1) is 5.92 Å². The number of nitrogens with zero attached hydrogens (tertiary/aromatic N) is 2. The quantitative estimate of drug-likeness (QED) is 0.765. The van der Waals surface area contributed by atoms with E-state index in [9.17, 15) is 9.59 Å². The molecule has 3 amide bonds. The molecule has 2 aliphatic heterocycles. The molecule has 3 N–H and O–H groups in total. The Morgan fingerprint density at radius 2 is 2.14 bits per heavy atom. The van der Waals surface area contributed by atoms with Crippen molar-refractivity contribution in [1.82, 2.24) is 15.1 Å². The Kier molecular flexibility index (Phi) is 6.02. The van der Waals surface area contributed by atoms with Crippen molar-refractivity contribution in [2.45, 2.75) is 38.8 Å². The number of carbonyl (C=O) groups is 2. The molecule has 3 unspecified atom stereocenters. The number of hydrogen-bond donors (Lipinski definition) is 2. The van der Waals surface area contributed by atoms with Crippen LogP contribution >= 0.6 is 0 Å². The zero-order valence-electron chi connectivity index (χ0n) is 13.6. The third kappa shape index (κ3) is 4.84. The number of likely N-dealkylation sites (tertiary alicyclic amines) is 1. The van der Waals surface area contributed by atoms with Gasteiger partial charge in [-0.1, -0.05) is 6.92 Å². The second kappa shape index (κ2) is 7.78. The molecule has 0 aromatic carbocycles. The van der Waals surface area contributed by atoms with Gasteiger partial charge in [0, 0.05) is 25.7 Å². The summed E-state index contributed by atoms with van der Waals surface area (Å²) < 4.78 is 5.25. The third-order valence-electron chi connectivity index (χ3n) is 4.31. The Bertz CT molecular complexity index is 404. The first kappa shape index (κ1) is 17.0. The number of rotatable bonds is 4. The van der Waals surface area contributed by atoms with Gasteiger partial charge in [0.15, 0.2) is 6.10 Å². The van der Waals surface area contributed by atoms with Crippen LogP contribution in [0.4, 0.5) is 4.79 Å². The fraction of sp³-hybridized carbons (Fsp3) is 0.867. The first-order chi connectivity index (χ1) is 10.5. The Morgan fingerprint density at radius 1 is 1.36 bits per heavy atom. The molecule has 0 radical (unpaired) electrons. The minimum atomic E-state index is -0.697. The largest absolute Gasteiger partial charge is 0.367 e. The Morgan fingerprint density at radius 3 is 2.82 bits per heavy atom. The van der Waals surface area contributed by atoms with E-state index in [2.05, 4.69) is 17.1 Å². The average Bonchev–Trinajstić information content (AvgIpc) is 2.47. The van der Waals surface area contributed by atoms with Gasteiger partial charge < -0.3 is 25.6 Å². The highest BCUT2D eigenvalue weighted by molar-refractivity contribution is 5.81. The van der Waals surface area contributed by atoms with Crippen molar-refractivity contribution in [3.8, 4) is 0 Å². The highest BCUT2D eigenvalue weighted by Crippen LogP contribution is 2.15. The van der Waals surface area contributed by atoms with Crippen LogP contribution in [0.1, 0.15) is 26.7 Å². The number of primary amides is 1. The topological polar surface area (TPSA) is 87.9 Å². The summed E-state index contributed by atoms with van der Waals surface area (Å²) in [6.07, 6.45) is 1.82. The number of nitrogens with two attached hydrogens (primary N) is 1. The fourth-order valence-corrected chi connectivity index (χ4v) is 3.19. The average molecular weight is 312 g/mol. The van der Waals surface area contributed by atoms with Gasteiger partial charge in [-0.3, -0.25) is 4.79 Å². The van der Waals surface area contributed by atoms with Gasteiger partial charge in [0.25, 0.3) is 0 Å². The van der Waals surface area contributed by atoms with Crippen molar-refractivity contribution >= 4 is 11.9 Å². The molecule has 2 saturated heterocycles. The number of piperidine rings is 1. The summed E-state index contributed by atoms with van der Waals surface area (Å²) in [4.78, 5) is 27.5. The first-order valence-electron chi connectivity index (χ1n) is 8.14. The zero-order valence-corrected chi connectivity index (χ0v) is 13.6. The summed E-state index contributed by atoms with van der Waals surface area (Å²) >= 11 is 0. The number of morpholine rings is 1. The van der Waals surface area contributed by atoms with E-state index in [4.69, 9.17) is 10.5 Å². The maximum absolute atomic E-state index is 12.3. The minimum Gasteiger partial charge on any atom is -0.367 e. The molecule has 0 aromatic rings. The maximum Gasteiger partial charge on any atom is 0.317 e. The molecule has 3 atom stereocenters. The van der Waals surface area contributed by atoms with Gasteiger partial charge >= 0.3 is 6.03 Å². The molecule has 7 heteroatoms. The molecular formula is C15H28N4O3. The van der Waals surface area contributed by atoms with Gasteiger partial charge in [-0.25, -0.2) is 4.79 Å². The summed E-state index contributed by atoms with van der Waals surface area (Å²) in [6, 6.07) is -0.0696. The van der Waals surface area contributed by atoms with Gasteiger partial charge in [0.05, 0.1) is 13.2 Å².